The summed E-state index contributed by atoms with van der Waals surface area (Å²) in [7, 11) is 0. The quantitative estimate of drug-likeness (QED) is 0.631. The Morgan fingerprint density at radius 2 is 2.03 bits per heavy atom. The SMILES string of the molecule is NC[C@@H](C(=O)Nc1ccc(N2CCOCC2=O)cc1C(F)(F)F)N(CC1CC1)C1CCC1. The van der Waals surface area contributed by atoms with Gasteiger partial charge in [-0.05, 0) is 49.8 Å². The van der Waals surface area contributed by atoms with E-state index in [1.807, 2.05) is 0 Å². The van der Waals surface area contributed by atoms with E-state index < -0.39 is 29.6 Å². The molecule has 0 bridgehead atoms. The molecule has 4 rings (SSSR count). The van der Waals surface area contributed by atoms with Crippen LogP contribution in [0, 0.1) is 5.92 Å². The Morgan fingerprint density at radius 3 is 2.59 bits per heavy atom. The van der Waals surface area contributed by atoms with Gasteiger partial charge >= 0.3 is 6.18 Å². The topological polar surface area (TPSA) is 87.9 Å². The minimum absolute atomic E-state index is 0.0385. The average Bonchev–Trinajstić information content (AvgIpc) is 3.51. The molecule has 1 atom stereocenters. The lowest BCUT2D eigenvalue weighted by molar-refractivity contribution is -0.137. The second-order valence-corrected chi connectivity index (χ2v) is 8.79. The fourth-order valence-electron chi connectivity index (χ4n) is 4.29. The van der Waals surface area contributed by atoms with Gasteiger partial charge in [-0.1, -0.05) is 6.42 Å². The maximum Gasteiger partial charge on any atom is 0.418 e. The Labute approximate surface area is 185 Å². The maximum atomic E-state index is 13.8. The lowest BCUT2D eigenvalue weighted by Gasteiger charge is -2.41. The van der Waals surface area contributed by atoms with Crippen LogP contribution in [0.3, 0.4) is 0 Å². The number of rotatable bonds is 8. The Bertz CT molecular complexity index is 855. The predicted octanol–water partition coefficient (Wildman–Crippen LogP) is 2.60. The lowest BCUT2D eigenvalue weighted by Crippen LogP contribution is -2.55. The van der Waals surface area contributed by atoms with Gasteiger partial charge in [0.05, 0.1) is 17.9 Å². The largest absolute Gasteiger partial charge is 0.418 e. The van der Waals surface area contributed by atoms with Crippen molar-refractivity contribution in [1.29, 1.82) is 0 Å². The van der Waals surface area contributed by atoms with Crippen molar-refractivity contribution in [3.63, 3.8) is 0 Å². The van der Waals surface area contributed by atoms with E-state index in [0.717, 1.165) is 44.7 Å². The molecule has 7 nitrogen and oxygen atoms in total. The zero-order chi connectivity index (χ0) is 22.9. The third-order valence-electron chi connectivity index (χ3n) is 6.50. The molecule has 3 fully saturated rings. The molecule has 1 aromatic carbocycles. The number of nitrogens with zero attached hydrogens (tertiary/aromatic N) is 2. The van der Waals surface area contributed by atoms with Crippen molar-refractivity contribution >= 4 is 23.2 Å². The van der Waals surface area contributed by atoms with Crippen molar-refractivity contribution in [3.8, 4) is 0 Å². The van der Waals surface area contributed by atoms with Crippen molar-refractivity contribution in [3.05, 3.63) is 23.8 Å². The minimum atomic E-state index is -4.70. The third kappa shape index (κ3) is 5.07. The molecule has 1 aliphatic heterocycles. The molecule has 176 valence electrons. The molecule has 2 saturated carbocycles. The van der Waals surface area contributed by atoms with Crippen LogP contribution in [0.4, 0.5) is 24.5 Å². The molecular formula is C22H29F3N4O3. The number of amides is 2. The molecule has 0 unspecified atom stereocenters. The van der Waals surface area contributed by atoms with Gasteiger partial charge in [0.1, 0.15) is 12.6 Å². The maximum absolute atomic E-state index is 13.8. The Balaban J connectivity index is 1.56. The third-order valence-corrected chi connectivity index (χ3v) is 6.50. The van der Waals surface area contributed by atoms with E-state index in [0.29, 0.717) is 5.92 Å². The van der Waals surface area contributed by atoms with Crippen LogP contribution in [0.25, 0.3) is 0 Å². The number of carbonyl (C=O) groups is 2. The zero-order valence-electron chi connectivity index (χ0n) is 17.9. The van der Waals surface area contributed by atoms with Gasteiger partial charge in [-0.3, -0.25) is 14.5 Å². The molecule has 2 aliphatic carbocycles. The summed E-state index contributed by atoms with van der Waals surface area (Å²) >= 11 is 0. The predicted molar refractivity (Wildman–Crippen MR) is 113 cm³/mol. The monoisotopic (exact) mass is 454 g/mol. The Hall–Kier alpha value is -2.17. The summed E-state index contributed by atoms with van der Waals surface area (Å²) in [6.07, 6.45) is 0.571. The molecule has 10 heteroatoms. The van der Waals surface area contributed by atoms with E-state index in [-0.39, 0.29) is 43.7 Å². The normalized spacial score (nSPS) is 20.9. The number of halogens is 3. The van der Waals surface area contributed by atoms with E-state index in [1.54, 1.807) is 0 Å². The molecule has 32 heavy (non-hydrogen) atoms. The zero-order valence-corrected chi connectivity index (χ0v) is 17.9. The molecule has 0 spiro atoms. The summed E-state index contributed by atoms with van der Waals surface area (Å²) in [6.45, 7) is 1.05. The van der Waals surface area contributed by atoms with Gasteiger partial charge in [0, 0.05) is 31.4 Å². The number of alkyl halides is 3. The summed E-state index contributed by atoms with van der Waals surface area (Å²) < 4.78 is 46.6. The molecule has 1 heterocycles. The molecule has 0 aromatic heterocycles. The highest BCUT2D eigenvalue weighted by Crippen LogP contribution is 2.38. The van der Waals surface area contributed by atoms with Gasteiger partial charge in [0.25, 0.3) is 5.91 Å². The number of anilines is 2. The number of benzene rings is 1. The number of morpholine rings is 1. The number of carbonyl (C=O) groups excluding carboxylic acids is 2. The van der Waals surface area contributed by atoms with Crippen LogP contribution < -0.4 is 16.0 Å². The summed E-state index contributed by atoms with van der Waals surface area (Å²) in [6, 6.07) is 3.11. The number of hydrogen-bond donors (Lipinski definition) is 2. The van der Waals surface area contributed by atoms with Gasteiger partial charge in [-0.25, -0.2) is 0 Å². The fraction of sp³-hybridized carbons (Fsp3) is 0.636. The average molecular weight is 454 g/mol. The summed E-state index contributed by atoms with van der Waals surface area (Å²) in [4.78, 5) is 28.5. The van der Waals surface area contributed by atoms with Crippen LogP contribution in [-0.2, 0) is 20.5 Å². The molecular weight excluding hydrogens is 425 g/mol. The van der Waals surface area contributed by atoms with Gasteiger partial charge in [-0.15, -0.1) is 0 Å². The Kier molecular flexibility index (Phi) is 6.73. The van der Waals surface area contributed by atoms with E-state index in [1.165, 1.54) is 17.0 Å². The number of ether oxygens (including phenoxy) is 1. The summed E-state index contributed by atoms with van der Waals surface area (Å²) in [5, 5.41) is 2.48. The van der Waals surface area contributed by atoms with Crippen LogP contribution in [0.5, 0.6) is 0 Å². The minimum Gasteiger partial charge on any atom is -0.370 e. The fourth-order valence-corrected chi connectivity index (χ4v) is 4.29. The van der Waals surface area contributed by atoms with Gasteiger partial charge in [0.15, 0.2) is 0 Å². The van der Waals surface area contributed by atoms with Crippen LogP contribution >= 0.6 is 0 Å². The smallest absolute Gasteiger partial charge is 0.370 e. The number of hydrogen-bond acceptors (Lipinski definition) is 5. The van der Waals surface area contributed by atoms with Gasteiger partial charge < -0.3 is 20.7 Å². The van der Waals surface area contributed by atoms with E-state index in [4.69, 9.17) is 10.5 Å². The Morgan fingerprint density at radius 1 is 1.28 bits per heavy atom. The summed E-state index contributed by atoms with van der Waals surface area (Å²) in [5.41, 5.74) is 4.73. The number of nitrogens with one attached hydrogen (secondary N) is 1. The van der Waals surface area contributed by atoms with Crippen LogP contribution in [0.1, 0.15) is 37.7 Å². The summed E-state index contributed by atoms with van der Waals surface area (Å²) in [5.74, 6) is -0.394. The molecule has 2 amide bonds. The van der Waals surface area contributed by atoms with Gasteiger partial charge in [0.2, 0.25) is 5.91 Å². The highest BCUT2D eigenvalue weighted by Gasteiger charge is 2.39. The van der Waals surface area contributed by atoms with E-state index in [2.05, 4.69) is 10.2 Å². The second-order valence-electron chi connectivity index (χ2n) is 8.79. The van der Waals surface area contributed by atoms with E-state index >= 15 is 0 Å². The standard InChI is InChI=1S/C22H29F3N4O3/c23-22(24,25)17-10-16(28-8-9-32-13-20(28)30)6-7-18(17)27-21(31)19(11-26)29(12-14-4-5-14)15-2-1-3-15/h6-7,10,14-15,19H,1-5,8-9,11-13,26H2,(H,27,31)/t19-/m0/s1. The van der Waals surface area contributed by atoms with Crippen molar-refractivity contribution in [1.82, 2.24) is 4.90 Å². The first-order chi connectivity index (χ1) is 15.3. The van der Waals surface area contributed by atoms with Crippen LogP contribution in [-0.4, -0.2) is 61.6 Å². The second kappa shape index (κ2) is 9.36. The van der Waals surface area contributed by atoms with Crippen molar-refractivity contribution in [2.24, 2.45) is 11.7 Å². The van der Waals surface area contributed by atoms with Crippen LogP contribution in [0.15, 0.2) is 18.2 Å². The van der Waals surface area contributed by atoms with Crippen molar-refractivity contribution in [2.75, 3.05) is 43.1 Å². The molecule has 1 aromatic rings. The molecule has 3 N–H and O–H groups in total. The molecule has 1 saturated heterocycles. The van der Waals surface area contributed by atoms with Gasteiger partial charge in [-0.2, -0.15) is 13.2 Å². The number of nitrogens with two attached hydrogens (primary N) is 1. The first-order valence-electron chi connectivity index (χ1n) is 11.1. The lowest BCUT2D eigenvalue weighted by atomic mass is 9.89. The highest BCUT2D eigenvalue weighted by molar-refractivity contribution is 5.98. The highest BCUT2D eigenvalue weighted by atomic mass is 19.4. The first-order valence-corrected chi connectivity index (χ1v) is 11.1. The molecule has 0 radical (unpaired) electrons. The van der Waals surface area contributed by atoms with Crippen molar-refractivity contribution in [2.45, 2.75) is 50.4 Å². The molecule has 3 aliphatic rings. The van der Waals surface area contributed by atoms with Crippen LogP contribution in [0.2, 0.25) is 0 Å². The van der Waals surface area contributed by atoms with E-state index in [9.17, 15) is 22.8 Å². The first kappa shape index (κ1) is 23.0. The van der Waals surface area contributed by atoms with Crippen molar-refractivity contribution < 1.29 is 27.5 Å².